The van der Waals surface area contributed by atoms with Gasteiger partial charge in [0.2, 0.25) is 0 Å². The van der Waals surface area contributed by atoms with Crippen LogP contribution in [0, 0.1) is 5.92 Å². The number of ketones is 1. The van der Waals surface area contributed by atoms with Gasteiger partial charge >= 0.3 is 0 Å². The number of rotatable bonds is 4. The fraction of sp³-hybridized carbons (Fsp3) is 0.500. The summed E-state index contributed by atoms with van der Waals surface area (Å²) in [5.41, 5.74) is 5.87. The zero-order valence-electron chi connectivity index (χ0n) is 7.70. The number of thiophene rings is 1. The third-order valence-electron chi connectivity index (χ3n) is 2.50. The van der Waals surface area contributed by atoms with Gasteiger partial charge in [-0.15, -0.1) is 11.3 Å². The maximum atomic E-state index is 11.7. The first kappa shape index (κ1) is 10.1. The van der Waals surface area contributed by atoms with Crippen LogP contribution in [-0.2, 0) is 0 Å². The molecule has 1 unspecified atom stereocenters. The molecule has 1 aromatic heterocycles. The lowest BCUT2D eigenvalue weighted by Crippen LogP contribution is -2.25. The molecule has 1 aromatic rings. The average Bonchev–Trinajstić information content (AvgIpc) is 2.89. The smallest absolute Gasteiger partial charge is 0.174 e. The molecule has 0 aromatic carbocycles. The minimum Gasteiger partial charge on any atom is -0.327 e. The van der Waals surface area contributed by atoms with Crippen LogP contribution in [0.4, 0.5) is 0 Å². The summed E-state index contributed by atoms with van der Waals surface area (Å²) in [6, 6.07) is 3.57. The molecule has 76 valence electrons. The Labute approximate surface area is 92.1 Å². The van der Waals surface area contributed by atoms with Gasteiger partial charge in [0, 0.05) is 12.5 Å². The van der Waals surface area contributed by atoms with Crippen molar-refractivity contribution in [2.75, 3.05) is 0 Å². The lowest BCUT2D eigenvalue weighted by atomic mass is 10.1. The minimum atomic E-state index is 0.0448. The van der Waals surface area contributed by atoms with Crippen molar-refractivity contribution in [3.05, 3.63) is 21.3 Å². The molecule has 1 atom stereocenters. The second-order valence-electron chi connectivity index (χ2n) is 3.73. The molecule has 14 heavy (non-hydrogen) atoms. The lowest BCUT2D eigenvalue weighted by molar-refractivity contribution is 0.0975. The van der Waals surface area contributed by atoms with Crippen molar-refractivity contribution >= 4 is 28.7 Å². The van der Waals surface area contributed by atoms with Gasteiger partial charge in [-0.2, -0.15) is 0 Å². The van der Waals surface area contributed by atoms with Gasteiger partial charge in [0.1, 0.15) is 0 Å². The molecule has 0 spiro atoms. The summed E-state index contributed by atoms with van der Waals surface area (Å²) >= 11 is 7.08. The molecule has 1 saturated carbocycles. The van der Waals surface area contributed by atoms with Crippen LogP contribution in [0.25, 0.3) is 0 Å². The number of carbonyl (C=O) groups excluding carboxylic acids is 1. The largest absolute Gasteiger partial charge is 0.327 e. The second kappa shape index (κ2) is 4.01. The molecule has 0 saturated heterocycles. The second-order valence-corrected chi connectivity index (χ2v) is 5.45. The van der Waals surface area contributed by atoms with Crippen LogP contribution < -0.4 is 5.73 Å². The van der Waals surface area contributed by atoms with Gasteiger partial charge in [0.15, 0.2) is 5.78 Å². The molecule has 2 rings (SSSR count). The summed E-state index contributed by atoms with van der Waals surface area (Å²) in [6.07, 6.45) is 2.82. The Bertz CT molecular complexity index is 346. The van der Waals surface area contributed by atoms with Crippen molar-refractivity contribution in [2.24, 2.45) is 11.7 Å². The highest BCUT2D eigenvalue weighted by molar-refractivity contribution is 7.18. The third-order valence-corrected chi connectivity index (χ3v) is 3.77. The molecule has 0 amide bonds. The van der Waals surface area contributed by atoms with Gasteiger partial charge in [-0.25, -0.2) is 0 Å². The van der Waals surface area contributed by atoms with Crippen molar-refractivity contribution in [1.29, 1.82) is 0 Å². The summed E-state index contributed by atoms with van der Waals surface area (Å²) in [7, 11) is 0. The van der Waals surface area contributed by atoms with E-state index in [2.05, 4.69) is 0 Å². The van der Waals surface area contributed by atoms with Gasteiger partial charge in [-0.05, 0) is 30.9 Å². The molecule has 1 aliphatic carbocycles. The molecule has 1 fully saturated rings. The number of halogens is 1. The Morgan fingerprint density at radius 2 is 2.36 bits per heavy atom. The van der Waals surface area contributed by atoms with E-state index in [1.165, 1.54) is 24.2 Å². The Kier molecular flexibility index (Phi) is 2.91. The van der Waals surface area contributed by atoms with E-state index < -0.39 is 0 Å². The quantitative estimate of drug-likeness (QED) is 0.807. The summed E-state index contributed by atoms with van der Waals surface area (Å²) in [5, 5.41) is 0. The number of hydrogen-bond acceptors (Lipinski definition) is 3. The van der Waals surface area contributed by atoms with Crippen LogP contribution in [0.5, 0.6) is 0 Å². The Hall–Kier alpha value is -0.380. The van der Waals surface area contributed by atoms with Crippen LogP contribution in [0.3, 0.4) is 0 Å². The van der Waals surface area contributed by atoms with Gasteiger partial charge in [-0.1, -0.05) is 11.6 Å². The van der Waals surface area contributed by atoms with Crippen LogP contribution in [0.15, 0.2) is 12.1 Å². The van der Waals surface area contributed by atoms with E-state index in [9.17, 15) is 4.79 Å². The monoisotopic (exact) mass is 229 g/mol. The minimum absolute atomic E-state index is 0.0448. The molecular formula is C10H12ClNOS. The van der Waals surface area contributed by atoms with Crippen LogP contribution in [0.2, 0.25) is 4.34 Å². The van der Waals surface area contributed by atoms with Crippen LogP contribution in [-0.4, -0.2) is 11.8 Å². The Balaban J connectivity index is 1.94. The van der Waals surface area contributed by atoms with E-state index >= 15 is 0 Å². The van der Waals surface area contributed by atoms with E-state index in [4.69, 9.17) is 17.3 Å². The van der Waals surface area contributed by atoms with Crippen molar-refractivity contribution in [3.63, 3.8) is 0 Å². The molecule has 2 nitrogen and oxygen atoms in total. The Morgan fingerprint density at radius 3 is 2.86 bits per heavy atom. The molecule has 2 N–H and O–H groups in total. The molecule has 0 radical (unpaired) electrons. The summed E-state index contributed by atoms with van der Waals surface area (Å²) < 4.78 is 0.661. The summed E-state index contributed by atoms with van der Waals surface area (Å²) in [4.78, 5) is 12.4. The SMILES string of the molecule is NC(CC(=O)c1ccc(Cl)s1)C1CC1. The summed E-state index contributed by atoms with van der Waals surface area (Å²) in [5.74, 6) is 0.704. The van der Waals surface area contributed by atoms with Crippen molar-refractivity contribution < 1.29 is 4.79 Å². The van der Waals surface area contributed by atoms with E-state index in [1.807, 2.05) is 0 Å². The number of carbonyl (C=O) groups is 1. The van der Waals surface area contributed by atoms with E-state index in [-0.39, 0.29) is 11.8 Å². The molecule has 0 aliphatic heterocycles. The molecule has 1 aliphatic rings. The van der Waals surface area contributed by atoms with Gasteiger partial charge in [0.25, 0.3) is 0 Å². The van der Waals surface area contributed by atoms with Crippen LogP contribution >= 0.6 is 22.9 Å². The van der Waals surface area contributed by atoms with Crippen molar-refractivity contribution in [3.8, 4) is 0 Å². The standard InChI is InChI=1S/C10H12ClNOS/c11-10-4-3-9(14-10)8(13)5-7(12)6-1-2-6/h3-4,6-7H,1-2,5,12H2. The van der Waals surface area contributed by atoms with E-state index in [0.29, 0.717) is 16.7 Å². The average molecular weight is 230 g/mol. The fourth-order valence-corrected chi connectivity index (χ4v) is 2.46. The van der Waals surface area contributed by atoms with Gasteiger partial charge in [0.05, 0.1) is 9.21 Å². The number of nitrogens with two attached hydrogens (primary N) is 1. The lowest BCUT2D eigenvalue weighted by Gasteiger charge is -2.07. The van der Waals surface area contributed by atoms with E-state index in [0.717, 1.165) is 4.88 Å². The highest BCUT2D eigenvalue weighted by atomic mass is 35.5. The predicted molar refractivity (Wildman–Crippen MR) is 59.0 cm³/mol. The van der Waals surface area contributed by atoms with Crippen LogP contribution in [0.1, 0.15) is 28.9 Å². The Morgan fingerprint density at radius 1 is 1.64 bits per heavy atom. The molecular weight excluding hydrogens is 218 g/mol. The molecule has 1 heterocycles. The fourth-order valence-electron chi connectivity index (χ4n) is 1.47. The predicted octanol–water partition coefficient (Wildman–Crippen LogP) is 2.71. The first-order chi connectivity index (χ1) is 6.66. The third kappa shape index (κ3) is 2.35. The number of hydrogen-bond donors (Lipinski definition) is 1. The van der Waals surface area contributed by atoms with Crippen molar-refractivity contribution in [2.45, 2.75) is 25.3 Å². The first-order valence-corrected chi connectivity index (χ1v) is 5.90. The van der Waals surface area contributed by atoms with Gasteiger partial charge < -0.3 is 5.73 Å². The molecule has 4 heteroatoms. The molecule has 0 bridgehead atoms. The zero-order chi connectivity index (χ0) is 10.1. The van der Waals surface area contributed by atoms with Crippen molar-refractivity contribution in [1.82, 2.24) is 0 Å². The topological polar surface area (TPSA) is 43.1 Å². The van der Waals surface area contributed by atoms with Gasteiger partial charge in [-0.3, -0.25) is 4.79 Å². The number of Topliss-reactive ketones (excluding diaryl/α,β-unsaturated/α-hetero) is 1. The maximum absolute atomic E-state index is 11.7. The highest BCUT2D eigenvalue weighted by Gasteiger charge is 2.30. The normalized spacial score (nSPS) is 18.1. The highest BCUT2D eigenvalue weighted by Crippen LogP contribution is 2.33. The van der Waals surface area contributed by atoms with E-state index in [1.54, 1.807) is 12.1 Å². The maximum Gasteiger partial charge on any atom is 0.174 e. The first-order valence-electron chi connectivity index (χ1n) is 4.71. The summed E-state index contributed by atoms with van der Waals surface area (Å²) in [6.45, 7) is 0. The zero-order valence-corrected chi connectivity index (χ0v) is 9.27.